The minimum Gasteiger partial charge on any atom is -0.453 e. The highest BCUT2D eigenvalue weighted by Crippen LogP contribution is 2.42. The number of tetrazole rings is 1. The quantitative estimate of drug-likeness (QED) is 0.220. The molecule has 14 heteroatoms. The summed E-state index contributed by atoms with van der Waals surface area (Å²) in [5.41, 5.74) is 2.28. The van der Waals surface area contributed by atoms with Gasteiger partial charge < -0.3 is 14.3 Å². The van der Waals surface area contributed by atoms with Crippen molar-refractivity contribution < 1.29 is 29.0 Å². The number of aromatic nitrogens is 7. The van der Waals surface area contributed by atoms with Gasteiger partial charge in [-0.15, -0.1) is 15.3 Å². The zero-order chi connectivity index (χ0) is 27.1. The summed E-state index contributed by atoms with van der Waals surface area (Å²) in [7, 11) is 1.28. The molecule has 196 valence electrons. The number of aliphatic hydroxyl groups is 1. The lowest BCUT2D eigenvalue weighted by molar-refractivity contribution is -0.912. The first kappa shape index (κ1) is 24.5. The molecule has 5 aromatic rings. The number of benzene rings is 2. The lowest BCUT2D eigenvalue weighted by Crippen LogP contribution is -2.43. The number of nitrogens with zero attached hydrogens (tertiary/aromatic N) is 7. The zero-order valence-electron chi connectivity index (χ0n) is 20.3. The Labute approximate surface area is 225 Å². The number of anilines is 1. The number of methoxy groups -OCH3 is 1. The Bertz CT molecular complexity index is 1690. The molecule has 3 heterocycles. The van der Waals surface area contributed by atoms with E-state index in [-0.39, 0.29) is 23.9 Å². The van der Waals surface area contributed by atoms with E-state index in [1.54, 1.807) is 42.5 Å². The second kappa shape index (κ2) is 9.45. The average molecular weight is 548 g/mol. The number of rotatable bonds is 5. The first-order chi connectivity index (χ1) is 18.9. The number of fused-ring (bicyclic) bond motifs is 1. The van der Waals surface area contributed by atoms with E-state index >= 15 is 0 Å². The molecular formula is C25H20ClN8O5+. The Hall–Kier alpha value is -4.88. The molecule has 1 unspecified atom stereocenters. The molecule has 3 aromatic heterocycles. The van der Waals surface area contributed by atoms with Crippen molar-refractivity contribution in [3.8, 4) is 28.3 Å². The molecule has 0 fully saturated rings. The topological polar surface area (TPSA) is 165 Å². The zero-order valence-corrected chi connectivity index (χ0v) is 21.1. The van der Waals surface area contributed by atoms with Crippen LogP contribution in [0.5, 0.6) is 0 Å². The Morgan fingerprint density at radius 1 is 1.18 bits per heavy atom. The fraction of sp³-hybridized carbons (Fsp3) is 0.160. The molecule has 13 nitrogen and oxygen atoms in total. The molecule has 3 N–H and O–H groups in total. The maximum absolute atomic E-state index is 11.6. The highest BCUT2D eigenvalue weighted by atomic mass is 35.5. The van der Waals surface area contributed by atoms with Gasteiger partial charge in [-0.1, -0.05) is 11.6 Å². The van der Waals surface area contributed by atoms with Crippen LogP contribution in [0, 0.1) is 0 Å². The molecule has 1 amide bonds. The van der Waals surface area contributed by atoms with Crippen LogP contribution in [-0.4, -0.2) is 53.9 Å². The molecule has 0 saturated heterocycles. The highest BCUT2D eigenvalue weighted by molar-refractivity contribution is 6.31. The van der Waals surface area contributed by atoms with Crippen molar-refractivity contribution in [2.24, 2.45) is 0 Å². The van der Waals surface area contributed by atoms with Gasteiger partial charge in [0, 0.05) is 38.6 Å². The third-order valence-electron chi connectivity index (χ3n) is 6.48. The summed E-state index contributed by atoms with van der Waals surface area (Å²) in [6, 6.07) is 13.8. The van der Waals surface area contributed by atoms with Gasteiger partial charge in [-0.3, -0.25) is 10.5 Å². The number of hydrogen-bond donors (Lipinski definition) is 3. The molecule has 0 radical (unpaired) electrons. The van der Waals surface area contributed by atoms with E-state index in [2.05, 4.69) is 35.8 Å². The summed E-state index contributed by atoms with van der Waals surface area (Å²) in [5, 5.41) is 45.3. The summed E-state index contributed by atoms with van der Waals surface area (Å²) in [6.07, 6.45) is 2.99. The van der Waals surface area contributed by atoms with Crippen LogP contribution in [0.3, 0.4) is 0 Å². The molecule has 0 spiro atoms. The summed E-state index contributed by atoms with van der Waals surface area (Å²) in [4.78, 5) is 11.4. The van der Waals surface area contributed by atoms with Gasteiger partial charge in [0.05, 0.1) is 18.4 Å². The number of hydrogen-bond acceptors (Lipinski definition) is 10. The predicted molar refractivity (Wildman–Crippen MR) is 134 cm³/mol. The number of ether oxygens (including phenoxy) is 1. The summed E-state index contributed by atoms with van der Waals surface area (Å²) >= 11 is 6.28. The third kappa shape index (κ3) is 4.32. The molecule has 0 aliphatic heterocycles. The average Bonchev–Trinajstić information content (AvgIpc) is 3.70. The second-order valence-corrected chi connectivity index (χ2v) is 9.27. The normalized spacial score (nSPS) is 16.2. The Morgan fingerprint density at radius 3 is 2.74 bits per heavy atom. The van der Waals surface area contributed by atoms with Crippen molar-refractivity contribution in [2.75, 3.05) is 12.4 Å². The standard InChI is InChI=1S/C25H19ClN8O5/c1-38-24(35)28-18-5-2-14(3-6-18)22-29-30-23(39-22)25(36)9-8-15-10-16(12-34(37)21(15)25)19-11-17(26)4-7-20(19)33-13-27-31-32-33/h2-7,10-13,36H,8-9H2,1H3,(H-,28,29,35,37)/p+1. The SMILES string of the molecule is COC(=O)Nc1ccc(-c2nnc(C3(O)CCc4cc(-c5cc(Cl)ccc5-n5cnnn5)c[n+](O)c43)o2)cc1. The molecule has 2 aromatic carbocycles. The van der Waals surface area contributed by atoms with Gasteiger partial charge in [-0.05, 0) is 65.4 Å². The molecule has 0 bridgehead atoms. The van der Waals surface area contributed by atoms with Crippen molar-refractivity contribution in [3.63, 3.8) is 0 Å². The largest absolute Gasteiger partial charge is 0.453 e. The molecule has 1 aliphatic rings. The first-order valence-corrected chi connectivity index (χ1v) is 12.1. The number of pyridine rings is 1. The van der Waals surface area contributed by atoms with E-state index in [1.807, 2.05) is 6.07 Å². The third-order valence-corrected chi connectivity index (χ3v) is 6.72. The summed E-state index contributed by atoms with van der Waals surface area (Å²) in [6.45, 7) is 0. The van der Waals surface area contributed by atoms with E-state index < -0.39 is 11.7 Å². The number of aryl methyl sites for hydroxylation is 1. The van der Waals surface area contributed by atoms with Crippen molar-refractivity contribution >= 4 is 23.4 Å². The molecule has 6 rings (SSSR count). The van der Waals surface area contributed by atoms with Crippen LogP contribution in [-0.2, 0) is 16.8 Å². The lowest BCUT2D eigenvalue weighted by atomic mass is 9.99. The van der Waals surface area contributed by atoms with E-state index in [1.165, 1.54) is 24.3 Å². The molecule has 1 atom stereocenters. The summed E-state index contributed by atoms with van der Waals surface area (Å²) < 4.78 is 12.8. The van der Waals surface area contributed by atoms with Gasteiger partial charge in [-0.25, -0.2) is 4.79 Å². The first-order valence-electron chi connectivity index (χ1n) is 11.7. The number of nitrogens with one attached hydrogen (secondary N) is 1. The van der Waals surface area contributed by atoms with Crippen molar-refractivity contribution in [3.05, 3.63) is 83.2 Å². The van der Waals surface area contributed by atoms with Crippen LogP contribution in [0.1, 0.15) is 23.6 Å². The van der Waals surface area contributed by atoms with E-state index in [4.69, 9.17) is 16.0 Å². The number of amides is 1. The monoisotopic (exact) mass is 547 g/mol. The van der Waals surface area contributed by atoms with Gasteiger partial charge in [-0.2, -0.15) is 4.68 Å². The maximum Gasteiger partial charge on any atom is 0.411 e. The predicted octanol–water partition coefficient (Wildman–Crippen LogP) is 2.92. The van der Waals surface area contributed by atoms with Crippen LogP contribution < -0.4 is 10.0 Å². The van der Waals surface area contributed by atoms with Gasteiger partial charge in [0.1, 0.15) is 6.33 Å². The second-order valence-electron chi connectivity index (χ2n) is 8.83. The highest BCUT2D eigenvalue weighted by Gasteiger charge is 2.52. The summed E-state index contributed by atoms with van der Waals surface area (Å²) in [5.74, 6) is 0.114. The van der Waals surface area contributed by atoms with Crippen LogP contribution in [0.25, 0.3) is 28.3 Å². The van der Waals surface area contributed by atoms with E-state index in [0.717, 1.165) is 4.73 Å². The van der Waals surface area contributed by atoms with E-state index in [9.17, 15) is 15.1 Å². The Kier molecular flexibility index (Phi) is 5.93. The van der Waals surface area contributed by atoms with Crippen molar-refractivity contribution in [1.82, 2.24) is 30.4 Å². The van der Waals surface area contributed by atoms with Crippen molar-refractivity contribution in [1.29, 1.82) is 0 Å². The van der Waals surface area contributed by atoms with Gasteiger partial charge in [0.25, 0.3) is 11.6 Å². The smallest absolute Gasteiger partial charge is 0.411 e. The van der Waals surface area contributed by atoms with Crippen LogP contribution in [0.4, 0.5) is 10.5 Å². The van der Waals surface area contributed by atoms with E-state index in [0.29, 0.717) is 45.1 Å². The number of carbonyl (C=O) groups is 1. The van der Waals surface area contributed by atoms with Gasteiger partial charge in [0.2, 0.25) is 17.7 Å². The Balaban J connectivity index is 1.33. The van der Waals surface area contributed by atoms with Crippen LogP contribution >= 0.6 is 11.6 Å². The molecule has 0 saturated carbocycles. The fourth-order valence-corrected chi connectivity index (χ4v) is 4.83. The fourth-order valence-electron chi connectivity index (χ4n) is 4.65. The minimum absolute atomic E-state index is 0.0549. The Morgan fingerprint density at radius 2 is 2.00 bits per heavy atom. The van der Waals surface area contributed by atoms with Crippen LogP contribution in [0.15, 0.2) is 65.5 Å². The lowest BCUT2D eigenvalue weighted by Gasteiger charge is -2.15. The van der Waals surface area contributed by atoms with Gasteiger partial charge >= 0.3 is 6.09 Å². The van der Waals surface area contributed by atoms with Crippen LogP contribution in [0.2, 0.25) is 5.02 Å². The number of carbonyl (C=O) groups excluding carboxylic acids is 1. The molecule has 39 heavy (non-hydrogen) atoms. The molecule has 1 aliphatic carbocycles. The number of halogens is 1. The molecular weight excluding hydrogens is 528 g/mol. The van der Waals surface area contributed by atoms with Crippen molar-refractivity contribution in [2.45, 2.75) is 18.4 Å². The van der Waals surface area contributed by atoms with Gasteiger partial charge in [0.15, 0.2) is 0 Å². The maximum atomic E-state index is 11.6. The minimum atomic E-state index is -1.72.